The number of carbonyl (C=O) groups is 1. The summed E-state index contributed by atoms with van der Waals surface area (Å²) in [5, 5.41) is 9.68. The Hall–Kier alpha value is -4.03. The Kier molecular flexibility index (Phi) is 7.53. The number of esters is 1. The zero-order valence-electron chi connectivity index (χ0n) is 18.6. The molecule has 0 fully saturated rings. The van der Waals surface area contributed by atoms with E-state index in [4.69, 9.17) is 18.9 Å². The van der Waals surface area contributed by atoms with Gasteiger partial charge in [0, 0.05) is 0 Å². The fourth-order valence-electron chi connectivity index (χ4n) is 3.18. The zero-order chi connectivity index (χ0) is 24.0. The molecule has 0 aliphatic heterocycles. The standard InChI is InChI=1S/C24H22N2O6S/c1-5-32-24(28)17(14-25)23-26(16-9-7-6-8-10-16)22(27)20(33-23)13-15-11-18(29-2)21(31-4)19(12-15)30-3/h6-13H,5H2,1-4H3. The molecule has 0 saturated carbocycles. The molecule has 0 amide bonds. The van der Waals surface area contributed by atoms with Crippen molar-refractivity contribution in [3.8, 4) is 29.0 Å². The minimum atomic E-state index is -0.787. The van der Waals surface area contributed by atoms with E-state index in [2.05, 4.69) is 0 Å². The first kappa shape index (κ1) is 23.6. The minimum absolute atomic E-state index is 0.107. The van der Waals surface area contributed by atoms with Crippen molar-refractivity contribution in [3.63, 3.8) is 0 Å². The Morgan fingerprint density at radius 2 is 1.73 bits per heavy atom. The highest BCUT2D eigenvalue weighted by Crippen LogP contribution is 2.38. The van der Waals surface area contributed by atoms with Crippen LogP contribution in [0.3, 0.4) is 0 Å². The number of rotatable bonds is 7. The van der Waals surface area contributed by atoms with E-state index in [-0.39, 0.29) is 22.4 Å². The zero-order valence-corrected chi connectivity index (χ0v) is 19.4. The molecule has 0 aliphatic rings. The number of para-hydroxylation sites is 1. The number of nitriles is 1. The number of ether oxygens (including phenoxy) is 4. The Morgan fingerprint density at radius 3 is 2.24 bits per heavy atom. The summed E-state index contributed by atoms with van der Waals surface area (Å²) in [7, 11) is 4.50. The predicted molar refractivity (Wildman–Crippen MR) is 124 cm³/mol. The third-order valence-corrected chi connectivity index (χ3v) is 5.72. The molecule has 0 unspecified atom stereocenters. The average Bonchev–Trinajstić information content (AvgIpc) is 3.14. The number of aromatic nitrogens is 1. The number of methoxy groups -OCH3 is 3. The predicted octanol–water partition coefficient (Wildman–Crippen LogP) is 1.99. The highest BCUT2D eigenvalue weighted by molar-refractivity contribution is 7.07. The summed E-state index contributed by atoms with van der Waals surface area (Å²) in [6.45, 7) is 1.75. The van der Waals surface area contributed by atoms with Gasteiger partial charge in [0.25, 0.3) is 5.56 Å². The van der Waals surface area contributed by atoms with Crippen LogP contribution in [0.15, 0.2) is 47.3 Å². The Morgan fingerprint density at radius 1 is 1.09 bits per heavy atom. The molecule has 1 heterocycles. The normalized spacial score (nSPS) is 12.0. The van der Waals surface area contributed by atoms with Crippen molar-refractivity contribution in [3.05, 3.63) is 67.6 Å². The maximum Gasteiger partial charge on any atom is 0.351 e. The first-order valence-electron chi connectivity index (χ1n) is 9.89. The van der Waals surface area contributed by atoms with Crippen molar-refractivity contribution in [2.45, 2.75) is 6.92 Å². The van der Waals surface area contributed by atoms with Crippen LogP contribution in [-0.4, -0.2) is 38.5 Å². The quantitative estimate of drug-likeness (QED) is 0.491. The van der Waals surface area contributed by atoms with E-state index >= 15 is 0 Å². The van der Waals surface area contributed by atoms with Crippen LogP contribution in [-0.2, 0) is 9.53 Å². The van der Waals surface area contributed by atoms with E-state index < -0.39 is 5.97 Å². The van der Waals surface area contributed by atoms with Gasteiger partial charge in [0.05, 0.1) is 38.2 Å². The summed E-state index contributed by atoms with van der Waals surface area (Å²) >= 11 is 1.02. The van der Waals surface area contributed by atoms with Crippen LogP contribution >= 0.6 is 11.3 Å². The second-order valence-electron chi connectivity index (χ2n) is 6.56. The molecule has 0 N–H and O–H groups in total. The van der Waals surface area contributed by atoms with Gasteiger partial charge in [0.1, 0.15) is 10.7 Å². The second-order valence-corrected chi connectivity index (χ2v) is 7.59. The molecule has 0 aliphatic carbocycles. The van der Waals surface area contributed by atoms with Crippen LogP contribution < -0.4 is 29.0 Å². The SMILES string of the molecule is CCOC(=O)C(C#N)=c1sc(=Cc2cc(OC)c(OC)c(OC)c2)c(=O)n1-c1ccccc1. The monoisotopic (exact) mass is 466 g/mol. The summed E-state index contributed by atoms with van der Waals surface area (Å²) in [5.41, 5.74) is 0.513. The first-order valence-corrected chi connectivity index (χ1v) is 10.7. The molecule has 170 valence electrons. The van der Waals surface area contributed by atoms with Crippen molar-refractivity contribution >= 4 is 29.0 Å². The van der Waals surface area contributed by atoms with Crippen molar-refractivity contribution < 1.29 is 23.7 Å². The molecule has 3 rings (SSSR count). The van der Waals surface area contributed by atoms with Gasteiger partial charge in [-0.3, -0.25) is 9.36 Å². The summed E-state index contributed by atoms with van der Waals surface area (Å²) in [5.74, 6) is 0.497. The van der Waals surface area contributed by atoms with Crippen molar-refractivity contribution in [1.29, 1.82) is 5.26 Å². The molecule has 2 aromatic carbocycles. The molecule has 0 saturated heterocycles. The van der Waals surface area contributed by atoms with Crippen LogP contribution in [0.2, 0.25) is 0 Å². The van der Waals surface area contributed by atoms with E-state index in [0.29, 0.717) is 33.0 Å². The number of hydrogen-bond acceptors (Lipinski definition) is 8. The fraction of sp³-hybridized carbons (Fsp3) is 0.208. The van der Waals surface area contributed by atoms with Crippen molar-refractivity contribution in [1.82, 2.24) is 4.57 Å². The Balaban J connectivity index is 2.38. The summed E-state index contributed by atoms with van der Waals surface area (Å²) in [4.78, 5) is 25.8. The maximum absolute atomic E-state index is 13.4. The van der Waals surface area contributed by atoms with Crippen LogP contribution in [0.1, 0.15) is 12.5 Å². The lowest BCUT2D eigenvalue weighted by Crippen LogP contribution is -2.31. The van der Waals surface area contributed by atoms with Gasteiger partial charge in [-0.25, -0.2) is 4.79 Å². The minimum Gasteiger partial charge on any atom is -0.493 e. The molecule has 0 spiro atoms. The van der Waals surface area contributed by atoms with Gasteiger partial charge in [-0.1, -0.05) is 18.2 Å². The van der Waals surface area contributed by atoms with Crippen LogP contribution in [0, 0.1) is 11.3 Å². The topological polar surface area (TPSA) is 99.8 Å². The molecule has 0 atom stereocenters. The fourth-order valence-corrected chi connectivity index (χ4v) is 4.27. The molecule has 8 nitrogen and oxygen atoms in total. The molecular formula is C24H22N2O6S. The number of nitrogens with zero attached hydrogens (tertiary/aromatic N) is 2. The Bertz CT molecular complexity index is 1360. The largest absolute Gasteiger partial charge is 0.493 e. The van der Waals surface area contributed by atoms with E-state index in [1.165, 1.54) is 25.9 Å². The van der Waals surface area contributed by atoms with Gasteiger partial charge in [-0.2, -0.15) is 5.26 Å². The molecule has 0 radical (unpaired) electrons. The van der Waals surface area contributed by atoms with Crippen LogP contribution in [0.4, 0.5) is 0 Å². The molecule has 1 aromatic heterocycles. The summed E-state index contributed by atoms with van der Waals surface area (Å²) < 4.78 is 23.0. The average molecular weight is 467 g/mol. The summed E-state index contributed by atoms with van der Waals surface area (Å²) in [6.07, 6.45) is 1.64. The number of benzene rings is 2. The summed E-state index contributed by atoms with van der Waals surface area (Å²) in [6, 6.07) is 14.1. The van der Waals surface area contributed by atoms with Gasteiger partial charge in [-0.15, -0.1) is 11.3 Å². The van der Waals surface area contributed by atoms with Gasteiger partial charge in [0.15, 0.2) is 17.1 Å². The highest BCUT2D eigenvalue weighted by atomic mass is 32.1. The lowest BCUT2D eigenvalue weighted by atomic mass is 10.1. The van der Waals surface area contributed by atoms with E-state index in [0.717, 1.165) is 11.3 Å². The third-order valence-electron chi connectivity index (χ3n) is 4.63. The van der Waals surface area contributed by atoms with Crippen molar-refractivity contribution in [2.75, 3.05) is 27.9 Å². The smallest absolute Gasteiger partial charge is 0.351 e. The van der Waals surface area contributed by atoms with Crippen molar-refractivity contribution in [2.24, 2.45) is 0 Å². The third kappa shape index (κ3) is 4.76. The van der Waals surface area contributed by atoms with Gasteiger partial charge in [0.2, 0.25) is 5.75 Å². The number of carbonyl (C=O) groups excluding carboxylic acids is 1. The van der Waals surface area contributed by atoms with Crippen LogP contribution in [0.25, 0.3) is 17.3 Å². The van der Waals surface area contributed by atoms with Gasteiger partial charge in [-0.05, 0) is 42.8 Å². The lowest BCUT2D eigenvalue weighted by Gasteiger charge is -2.12. The maximum atomic E-state index is 13.4. The molecule has 9 heteroatoms. The van der Waals surface area contributed by atoms with E-state index in [1.807, 2.05) is 12.1 Å². The highest BCUT2D eigenvalue weighted by Gasteiger charge is 2.18. The Labute approximate surface area is 194 Å². The van der Waals surface area contributed by atoms with Crippen LogP contribution in [0.5, 0.6) is 17.2 Å². The van der Waals surface area contributed by atoms with E-state index in [1.54, 1.807) is 49.4 Å². The molecule has 33 heavy (non-hydrogen) atoms. The van der Waals surface area contributed by atoms with Gasteiger partial charge < -0.3 is 18.9 Å². The van der Waals surface area contributed by atoms with E-state index in [9.17, 15) is 14.9 Å². The molecular weight excluding hydrogens is 444 g/mol. The first-order chi connectivity index (χ1) is 16.0. The molecule has 3 aromatic rings. The van der Waals surface area contributed by atoms with Gasteiger partial charge >= 0.3 is 5.97 Å². The lowest BCUT2D eigenvalue weighted by molar-refractivity contribution is -0.136. The molecule has 0 bridgehead atoms. The number of thiazole rings is 1. The second kappa shape index (κ2) is 10.5. The number of hydrogen-bond donors (Lipinski definition) is 0.